The van der Waals surface area contributed by atoms with Gasteiger partial charge in [0.2, 0.25) is 0 Å². The molecule has 0 aromatic heterocycles. The summed E-state index contributed by atoms with van der Waals surface area (Å²) in [4.78, 5) is 10.7. The van der Waals surface area contributed by atoms with Crippen LogP contribution in [-0.2, 0) is 9.53 Å². The average Bonchev–Trinajstić information content (AvgIpc) is 1.98. The lowest BCUT2D eigenvalue weighted by atomic mass is 10.1. The Hall–Kier alpha value is -0.830. The zero-order chi connectivity index (χ0) is 8.27. The maximum Gasteiger partial charge on any atom is 0.306 e. The number of carbonyl (C=O) groups is 1. The molecule has 0 aromatic rings. The Morgan fingerprint density at radius 1 is 1.73 bits per heavy atom. The van der Waals surface area contributed by atoms with Crippen molar-refractivity contribution in [3.8, 4) is 0 Å². The highest BCUT2D eigenvalue weighted by Gasteiger charge is 2.26. The fourth-order valence-corrected chi connectivity index (χ4v) is 1.08. The van der Waals surface area contributed by atoms with Crippen LogP contribution in [0.1, 0.15) is 19.8 Å². The van der Waals surface area contributed by atoms with Crippen LogP contribution in [0.2, 0.25) is 0 Å². The highest BCUT2D eigenvalue weighted by Crippen LogP contribution is 2.15. The minimum absolute atomic E-state index is 0.224. The summed E-state index contributed by atoms with van der Waals surface area (Å²) in [5.74, 6) is -0.224. The number of hydrogen-bond acceptors (Lipinski definition) is 3. The van der Waals surface area contributed by atoms with Crippen molar-refractivity contribution in [3.63, 3.8) is 0 Å². The van der Waals surface area contributed by atoms with Crippen molar-refractivity contribution in [3.05, 3.63) is 12.2 Å². The molecular formula is C8H12O3. The van der Waals surface area contributed by atoms with Crippen LogP contribution in [0.25, 0.3) is 0 Å². The minimum Gasteiger partial charge on any atom is -0.455 e. The molecule has 1 saturated heterocycles. The molecular weight excluding hydrogens is 144 g/mol. The van der Waals surface area contributed by atoms with Gasteiger partial charge < -0.3 is 9.84 Å². The summed E-state index contributed by atoms with van der Waals surface area (Å²) in [5.41, 5.74) is 0. The van der Waals surface area contributed by atoms with E-state index in [1.807, 2.05) is 6.92 Å². The van der Waals surface area contributed by atoms with Crippen molar-refractivity contribution in [2.24, 2.45) is 0 Å². The summed E-state index contributed by atoms with van der Waals surface area (Å²) in [6, 6.07) is 0. The van der Waals surface area contributed by atoms with Gasteiger partial charge in [-0.15, -0.1) is 0 Å². The lowest BCUT2D eigenvalue weighted by Crippen LogP contribution is -2.34. The lowest BCUT2D eigenvalue weighted by Gasteiger charge is -2.24. The van der Waals surface area contributed by atoms with E-state index in [-0.39, 0.29) is 5.97 Å². The predicted molar refractivity (Wildman–Crippen MR) is 39.9 cm³/mol. The largest absolute Gasteiger partial charge is 0.455 e. The first-order valence-corrected chi connectivity index (χ1v) is 3.74. The van der Waals surface area contributed by atoms with Crippen LogP contribution < -0.4 is 0 Å². The van der Waals surface area contributed by atoms with Crippen LogP contribution in [0.15, 0.2) is 12.2 Å². The van der Waals surface area contributed by atoms with E-state index in [1.54, 1.807) is 12.2 Å². The zero-order valence-electron chi connectivity index (χ0n) is 6.49. The van der Waals surface area contributed by atoms with E-state index in [0.29, 0.717) is 12.8 Å². The summed E-state index contributed by atoms with van der Waals surface area (Å²) in [5, 5.41) is 9.29. The summed E-state index contributed by atoms with van der Waals surface area (Å²) in [6.45, 7) is 1.83. The number of esters is 1. The van der Waals surface area contributed by atoms with Gasteiger partial charge in [0.15, 0.2) is 0 Å². The number of allylic oxidation sites excluding steroid dienone is 1. The van der Waals surface area contributed by atoms with Gasteiger partial charge in [-0.2, -0.15) is 0 Å². The molecule has 0 unspecified atom stereocenters. The van der Waals surface area contributed by atoms with E-state index in [2.05, 4.69) is 0 Å². The van der Waals surface area contributed by atoms with Gasteiger partial charge in [0.1, 0.15) is 6.10 Å². The molecule has 1 aliphatic rings. The van der Waals surface area contributed by atoms with E-state index in [1.165, 1.54) is 0 Å². The van der Waals surface area contributed by atoms with Gasteiger partial charge in [-0.3, -0.25) is 4.79 Å². The summed E-state index contributed by atoms with van der Waals surface area (Å²) in [6.07, 6.45) is 3.35. The van der Waals surface area contributed by atoms with Crippen molar-refractivity contribution >= 4 is 5.97 Å². The first kappa shape index (κ1) is 8.27. The molecule has 0 saturated carbocycles. The second-order valence-corrected chi connectivity index (χ2v) is 2.59. The molecule has 1 N–H and O–H groups in total. The summed E-state index contributed by atoms with van der Waals surface area (Å²) >= 11 is 0. The quantitative estimate of drug-likeness (QED) is 0.447. The number of ether oxygens (including phenoxy) is 1. The summed E-state index contributed by atoms with van der Waals surface area (Å²) in [7, 11) is 0. The third-order valence-corrected chi connectivity index (χ3v) is 1.67. The molecule has 0 spiro atoms. The third kappa shape index (κ3) is 2.05. The normalized spacial score (nSPS) is 32.4. The Morgan fingerprint density at radius 3 is 3.09 bits per heavy atom. The van der Waals surface area contributed by atoms with Gasteiger partial charge in [-0.05, 0) is 19.4 Å². The molecule has 1 fully saturated rings. The van der Waals surface area contributed by atoms with Crippen LogP contribution in [0.3, 0.4) is 0 Å². The highest BCUT2D eigenvalue weighted by molar-refractivity contribution is 5.70. The molecule has 0 radical (unpaired) electrons. The number of carbonyl (C=O) groups excluding carboxylic acids is 1. The van der Waals surface area contributed by atoms with Gasteiger partial charge >= 0.3 is 5.97 Å². The Bertz CT molecular complexity index is 174. The van der Waals surface area contributed by atoms with E-state index < -0.39 is 12.2 Å². The van der Waals surface area contributed by atoms with Gasteiger partial charge in [-0.1, -0.05) is 6.08 Å². The van der Waals surface area contributed by atoms with Crippen molar-refractivity contribution in [2.45, 2.75) is 32.0 Å². The smallest absolute Gasteiger partial charge is 0.306 e. The second kappa shape index (κ2) is 3.53. The Morgan fingerprint density at radius 2 is 2.45 bits per heavy atom. The lowest BCUT2D eigenvalue weighted by molar-refractivity contribution is -0.159. The standard InChI is InChI=1S/C8H12O3/c1-2-3-7-6(9)4-5-8(10)11-7/h2-3,6-7,9H,4-5H2,1H3/b3-2-/t6-,7+/m0/s1. The van der Waals surface area contributed by atoms with Crippen molar-refractivity contribution < 1.29 is 14.6 Å². The van der Waals surface area contributed by atoms with Gasteiger partial charge in [0.05, 0.1) is 6.10 Å². The number of hydrogen-bond donors (Lipinski definition) is 1. The van der Waals surface area contributed by atoms with E-state index in [9.17, 15) is 9.90 Å². The zero-order valence-corrected chi connectivity index (χ0v) is 6.49. The van der Waals surface area contributed by atoms with Crippen LogP contribution in [-0.4, -0.2) is 23.3 Å². The molecule has 2 atom stereocenters. The molecule has 0 bridgehead atoms. The molecule has 11 heavy (non-hydrogen) atoms. The van der Waals surface area contributed by atoms with Crippen LogP contribution in [0.5, 0.6) is 0 Å². The highest BCUT2D eigenvalue weighted by atomic mass is 16.6. The van der Waals surface area contributed by atoms with Crippen molar-refractivity contribution in [1.82, 2.24) is 0 Å². The molecule has 0 aliphatic carbocycles. The Balaban J connectivity index is 2.53. The van der Waals surface area contributed by atoms with Gasteiger partial charge in [-0.25, -0.2) is 0 Å². The first-order chi connectivity index (χ1) is 5.24. The number of rotatable bonds is 1. The van der Waals surface area contributed by atoms with E-state index in [0.717, 1.165) is 0 Å². The molecule has 1 rings (SSSR count). The third-order valence-electron chi connectivity index (χ3n) is 1.67. The second-order valence-electron chi connectivity index (χ2n) is 2.59. The van der Waals surface area contributed by atoms with E-state index >= 15 is 0 Å². The molecule has 62 valence electrons. The average molecular weight is 156 g/mol. The molecule has 3 nitrogen and oxygen atoms in total. The number of cyclic esters (lactones) is 1. The fraction of sp³-hybridized carbons (Fsp3) is 0.625. The van der Waals surface area contributed by atoms with Gasteiger partial charge in [0.25, 0.3) is 0 Å². The van der Waals surface area contributed by atoms with Crippen LogP contribution in [0.4, 0.5) is 0 Å². The molecule has 1 aliphatic heterocycles. The molecule has 3 heteroatoms. The van der Waals surface area contributed by atoms with Gasteiger partial charge in [0, 0.05) is 6.42 Å². The van der Waals surface area contributed by atoms with Crippen molar-refractivity contribution in [1.29, 1.82) is 0 Å². The van der Waals surface area contributed by atoms with Crippen molar-refractivity contribution in [2.75, 3.05) is 0 Å². The Kier molecular flexibility index (Phi) is 2.65. The minimum atomic E-state index is -0.524. The predicted octanol–water partition coefficient (Wildman–Crippen LogP) is 0.629. The van der Waals surface area contributed by atoms with E-state index in [4.69, 9.17) is 4.74 Å². The molecule has 1 heterocycles. The van der Waals surface area contributed by atoms with Crippen LogP contribution >= 0.6 is 0 Å². The first-order valence-electron chi connectivity index (χ1n) is 3.74. The maximum atomic E-state index is 10.7. The Labute approximate surface area is 65.7 Å². The fourth-order valence-electron chi connectivity index (χ4n) is 1.08. The maximum absolute atomic E-state index is 10.7. The summed E-state index contributed by atoms with van der Waals surface area (Å²) < 4.78 is 4.86. The number of aliphatic hydroxyl groups excluding tert-OH is 1. The van der Waals surface area contributed by atoms with Crippen LogP contribution in [0, 0.1) is 0 Å². The number of aliphatic hydroxyl groups is 1. The molecule has 0 aromatic carbocycles. The SMILES string of the molecule is C/C=C\[C@H]1OC(=O)CC[C@@H]1O. The molecule has 0 amide bonds. The monoisotopic (exact) mass is 156 g/mol. The topological polar surface area (TPSA) is 46.5 Å².